The second-order valence-electron chi connectivity index (χ2n) is 8.10. The average Bonchev–Trinajstić information content (AvgIpc) is 3.39. The van der Waals surface area contributed by atoms with Gasteiger partial charge in [0.25, 0.3) is 0 Å². The zero-order chi connectivity index (χ0) is 20.2. The van der Waals surface area contributed by atoms with Crippen molar-refractivity contribution in [1.82, 2.24) is 15.2 Å². The highest BCUT2D eigenvalue weighted by Gasteiger charge is 2.34. The van der Waals surface area contributed by atoms with Crippen LogP contribution in [0.2, 0.25) is 0 Å². The second kappa shape index (κ2) is 8.64. The Kier molecular flexibility index (Phi) is 5.79. The van der Waals surface area contributed by atoms with Crippen molar-refractivity contribution >= 4 is 17.6 Å². The Morgan fingerprint density at radius 3 is 2.66 bits per heavy atom. The SMILES string of the molecule is Cc1ccc(CN2CC(C(=O)NCc3ccnc(N4CCCC4)c3)CC2=O)cc1. The number of likely N-dealkylation sites (tertiary alicyclic amines) is 1. The van der Waals surface area contributed by atoms with E-state index in [0.717, 1.165) is 30.0 Å². The Morgan fingerprint density at radius 2 is 1.90 bits per heavy atom. The van der Waals surface area contributed by atoms with Gasteiger partial charge in [-0.25, -0.2) is 4.98 Å². The number of amides is 2. The van der Waals surface area contributed by atoms with Gasteiger partial charge in [0.1, 0.15) is 5.82 Å². The Hall–Kier alpha value is -2.89. The van der Waals surface area contributed by atoms with Gasteiger partial charge in [0.15, 0.2) is 0 Å². The van der Waals surface area contributed by atoms with Gasteiger partial charge >= 0.3 is 0 Å². The van der Waals surface area contributed by atoms with Crippen LogP contribution in [-0.2, 0) is 22.7 Å². The molecule has 6 nitrogen and oxygen atoms in total. The molecule has 1 aromatic heterocycles. The van der Waals surface area contributed by atoms with Crippen LogP contribution in [0.15, 0.2) is 42.6 Å². The van der Waals surface area contributed by atoms with Crippen LogP contribution >= 0.6 is 0 Å². The Bertz CT molecular complexity index is 875. The van der Waals surface area contributed by atoms with Gasteiger partial charge in [-0.05, 0) is 43.0 Å². The summed E-state index contributed by atoms with van der Waals surface area (Å²) in [5, 5.41) is 3.01. The first-order chi connectivity index (χ1) is 14.1. The number of carbonyl (C=O) groups is 2. The van der Waals surface area contributed by atoms with Gasteiger partial charge in [0.05, 0.1) is 5.92 Å². The van der Waals surface area contributed by atoms with Gasteiger partial charge in [-0.2, -0.15) is 0 Å². The number of carbonyl (C=O) groups excluding carboxylic acids is 2. The number of nitrogens with zero attached hydrogens (tertiary/aromatic N) is 3. The molecule has 1 unspecified atom stereocenters. The molecule has 6 heteroatoms. The van der Waals surface area contributed by atoms with E-state index < -0.39 is 0 Å². The summed E-state index contributed by atoms with van der Waals surface area (Å²) in [4.78, 5) is 33.5. The molecule has 152 valence electrons. The molecule has 0 bridgehead atoms. The Balaban J connectivity index is 1.30. The number of hydrogen-bond acceptors (Lipinski definition) is 4. The normalized spacial score (nSPS) is 19.1. The maximum absolute atomic E-state index is 12.6. The van der Waals surface area contributed by atoms with Crippen molar-refractivity contribution in [1.29, 1.82) is 0 Å². The first-order valence-electron chi connectivity index (χ1n) is 10.4. The maximum atomic E-state index is 12.6. The maximum Gasteiger partial charge on any atom is 0.225 e. The van der Waals surface area contributed by atoms with E-state index in [1.807, 2.05) is 37.3 Å². The highest BCUT2D eigenvalue weighted by molar-refractivity contribution is 5.89. The summed E-state index contributed by atoms with van der Waals surface area (Å²) in [6.07, 6.45) is 4.50. The van der Waals surface area contributed by atoms with Crippen LogP contribution in [0, 0.1) is 12.8 Å². The lowest BCUT2D eigenvalue weighted by molar-refractivity contribution is -0.129. The van der Waals surface area contributed by atoms with Crippen molar-refractivity contribution in [2.45, 2.75) is 39.3 Å². The molecule has 0 radical (unpaired) electrons. The van der Waals surface area contributed by atoms with Crippen LogP contribution in [0.4, 0.5) is 5.82 Å². The van der Waals surface area contributed by atoms with E-state index in [0.29, 0.717) is 19.6 Å². The molecule has 0 aliphatic carbocycles. The molecule has 1 atom stereocenters. The summed E-state index contributed by atoms with van der Waals surface area (Å²) in [6.45, 7) is 5.64. The predicted molar refractivity (Wildman–Crippen MR) is 112 cm³/mol. The zero-order valence-corrected chi connectivity index (χ0v) is 16.9. The third-order valence-electron chi connectivity index (χ3n) is 5.79. The first kappa shape index (κ1) is 19.4. The highest BCUT2D eigenvalue weighted by atomic mass is 16.2. The predicted octanol–water partition coefficient (Wildman–Crippen LogP) is 2.66. The minimum Gasteiger partial charge on any atom is -0.357 e. The van der Waals surface area contributed by atoms with E-state index in [1.165, 1.54) is 18.4 Å². The molecule has 3 heterocycles. The number of rotatable bonds is 6. The number of aromatic nitrogens is 1. The van der Waals surface area contributed by atoms with Crippen LogP contribution in [0.5, 0.6) is 0 Å². The van der Waals surface area contributed by atoms with Crippen LogP contribution in [0.1, 0.15) is 36.0 Å². The average molecular weight is 393 g/mol. The number of hydrogen-bond donors (Lipinski definition) is 1. The molecule has 0 spiro atoms. The zero-order valence-electron chi connectivity index (χ0n) is 16.9. The van der Waals surface area contributed by atoms with Crippen molar-refractivity contribution in [3.63, 3.8) is 0 Å². The van der Waals surface area contributed by atoms with Gasteiger partial charge in [0.2, 0.25) is 11.8 Å². The van der Waals surface area contributed by atoms with Crippen molar-refractivity contribution in [2.24, 2.45) is 5.92 Å². The van der Waals surface area contributed by atoms with Crippen molar-refractivity contribution in [2.75, 3.05) is 24.5 Å². The van der Waals surface area contributed by atoms with Crippen molar-refractivity contribution in [3.05, 3.63) is 59.3 Å². The fourth-order valence-corrected chi connectivity index (χ4v) is 4.04. The van der Waals surface area contributed by atoms with E-state index in [4.69, 9.17) is 0 Å². The molecular formula is C23H28N4O2. The number of anilines is 1. The molecule has 2 saturated heterocycles. The van der Waals surface area contributed by atoms with E-state index in [-0.39, 0.29) is 24.2 Å². The number of nitrogens with one attached hydrogen (secondary N) is 1. The number of pyridine rings is 1. The smallest absolute Gasteiger partial charge is 0.225 e. The largest absolute Gasteiger partial charge is 0.357 e. The van der Waals surface area contributed by atoms with E-state index in [1.54, 1.807) is 11.1 Å². The summed E-state index contributed by atoms with van der Waals surface area (Å²) in [5.41, 5.74) is 3.33. The molecule has 2 aliphatic heterocycles. The summed E-state index contributed by atoms with van der Waals surface area (Å²) >= 11 is 0. The Morgan fingerprint density at radius 1 is 1.14 bits per heavy atom. The van der Waals surface area contributed by atoms with Crippen LogP contribution in [0.3, 0.4) is 0 Å². The van der Waals surface area contributed by atoms with E-state index in [2.05, 4.69) is 21.3 Å². The molecule has 29 heavy (non-hydrogen) atoms. The molecule has 2 aromatic rings. The number of benzene rings is 1. The first-order valence-corrected chi connectivity index (χ1v) is 10.4. The fraction of sp³-hybridized carbons (Fsp3) is 0.435. The summed E-state index contributed by atoms with van der Waals surface area (Å²) in [5.74, 6) is 0.692. The van der Waals surface area contributed by atoms with Crippen molar-refractivity contribution < 1.29 is 9.59 Å². The third-order valence-corrected chi connectivity index (χ3v) is 5.79. The summed E-state index contributed by atoms with van der Waals surface area (Å²) < 4.78 is 0. The molecule has 2 aliphatic rings. The van der Waals surface area contributed by atoms with Crippen molar-refractivity contribution in [3.8, 4) is 0 Å². The standard InChI is InChI=1S/C23H28N4O2/c1-17-4-6-18(7-5-17)15-27-16-20(13-22(27)28)23(29)25-14-19-8-9-24-21(12-19)26-10-2-3-11-26/h4-9,12,20H,2-3,10-11,13-16H2,1H3,(H,25,29). The molecular weight excluding hydrogens is 364 g/mol. The third kappa shape index (κ3) is 4.75. The molecule has 2 amide bonds. The van der Waals surface area contributed by atoms with E-state index in [9.17, 15) is 9.59 Å². The van der Waals surface area contributed by atoms with Crippen LogP contribution in [0.25, 0.3) is 0 Å². The molecule has 1 aromatic carbocycles. The van der Waals surface area contributed by atoms with Gasteiger partial charge in [0, 0.05) is 45.3 Å². The van der Waals surface area contributed by atoms with Gasteiger partial charge in [-0.1, -0.05) is 29.8 Å². The van der Waals surface area contributed by atoms with Gasteiger partial charge in [-0.3, -0.25) is 9.59 Å². The van der Waals surface area contributed by atoms with E-state index >= 15 is 0 Å². The molecule has 4 rings (SSSR count). The Labute approximate surface area is 171 Å². The molecule has 0 saturated carbocycles. The fourth-order valence-electron chi connectivity index (χ4n) is 4.04. The lowest BCUT2D eigenvalue weighted by Crippen LogP contribution is -2.32. The molecule has 1 N–H and O–H groups in total. The lowest BCUT2D eigenvalue weighted by Gasteiger charge is -2.18. The number of aryl methyl sites for hydroxylation is 1. The minimum absolute atomic E-state index is 0.0472. The monoisotopic (exact) mass is 392 g/mol. The van der Waals surface area contributed by atoms with Gasteiger partial charge in [-0.15, -0.1) is 0 Å². The minimum atomic E-state index is -0.284. The van der Waals surface area contributed by atoms with Crippen LogP contribution < -0.4 is 10.2 Å². The topological polar surface area (TPSA) is 65.5 Å². The second-order valence-corrected chi connectivity index (χ2v) is 8.10. The van der Waals surface area contributed by atoms with Gasteiger partial charge < -0.3 is 15.1 Å². The quantitative estimate of drug-likeness (QED) is 0.821. The van der Waals surface area contributed by atoms with Crippen LogP contribution in [-0.4, -0.2) is 41.3 Å². The molecule has 2 fully saturated rings. The highest BCUT2D eigenvalue weighted by Crippen LogP contribution is 2.21. The summed E-state index contributed by atoms with van der Waals surface area (Å²) in [6, 6.07) is 12.2. The lowest BCUT2D eigenvalue weighted by atomic mass is 10.1. The summed E-state index contributed by atoms with van der Waals surface area (Å²) in [7, 11) is 0.